The van der Waals surface area contributed by atoms with Gasteiger partial charge in [0.05, 0.1) is 23.3 Å². The van der Waals surface area contributed by atoms with Crippen molar-refractivity contribution in [2.45, 2.75) is 12.5 Å². The van der Waals surface area contributed by atoms with Gasteiger partial charge in [-0.2, -0.15) is 0 Å². The summed E-state index contributed by atoms with van der Waals surface area (Å²) in [6.07, 6.45) is 0.987. The lowest BCUT2D eigenvalue weighted by Gasteiger charge is -2.22. The summed E-state index contributed by atoms with van der Waals surface area (Å²) in [7, 11) is 0. The molecule has 1 aromatic carbocycles. The zero-order chi connectivity index (χ0) is 11.7. The highest BCUT2D eigenvalue weighted by Gasteiger charge is 2.16. The molecular formula is C12H14ClN3O. The van der Waals surface area contributed by atoms with Crippen LogP contribution in [-0.4, -0.2) is 35.8 Å². The molecule has 0 saturated carbocycles. The largest absolute Gasteiger partial charge is 0.375 e. The predicted molar refractivity (Wildman–Crippen MR) is 67.4 cm³/mol. The number of para-hydroxylation sites is 1. The fraction of sp³-hybridized carbons (Fsp3) is 0.417. The summed E-state index contributed by atoms with van der Waals surface area (Å²) < 4.78 is 5.65. The molecule has 1 aliphatic heterocycles. The molecule has 0 aliphatic carbocycles. The van der Waals surface area contributed by atoms with Gasteiger partial charge in [0.1, 0.15) is 11.3 Å². The van der Waals surface area contributed by atoms with Crippen LogP contribution in [0, 0.1) is 0 Å². The molecule has 5 heteroatoms. The lowest BCUT2D eigenvalue weighted by molar-refractivity contribution is 0.0282. The Labute approximate surface area is 104 Å². The van der Waals surface area contributed by atoms with E-state index in [9.17, 15) is 0 Å². The monoisotopic (exact) mass is 251 g/mol. The Morgan fingerprint density at radius 3 is 3.18 bits per heavy atom. The van der Waals surface area contributed by atoms with E-state index in [-0.39, 0.29) is 6.10 Å². The maximum atomic E-state index is 6.09. The fourth-order valence-electron chi connectivity index (χ4n) is 2.11. The molecule has 2 N–H and O–H groups in total. The Hall–Kier alpha value is -1.10. The minimum atomic E-state index is 0.197. The molecule has 0 amide bonds. The van der Waals surface area contributed by atoms with E-state index in [0.29, 0.717) is 5.02 Å². The summed E-state index contributed by atoms with van der Waals surface area (Å²) in [6, 6.07) is 5.76. The zero-order valence-electron chi connectivity index (χ0n) is 9.37. The molecule has 1 fully saturated rings. The van der Waals surface area contributed by atoms with E-state index in [2.05, 4.69) is 15.3 Å². The van der Waals surface area contributed by atoms with Crippen molar-refractivity contribution >= 4 is 22.6 Å². The lowest BCUT2D eigenvalue weighted by atomic mass is 10.2. The fourth-order valence-corrected chi connectivity index (χ4v) is 2.33. The first kappa shape index (κ1) is 11.0. The second kappa shape index (κ2) is 4.64. The number of ether oxygens (including phenoxy) is 1. The number of halogens is 1. The number of fused-ring (bicyclic) bond motifs is 1. The number of aromatic nitrogens is 2. The Morgan fingerprint density at radius 1 is 1.47 bits per heavy atom. The van der Waals surface area contributed by atoms with Crippen LogP contribution >= 0.6 is 11.6 Å². The molecule has 1 aliphatic rings. The molecule has 0 bridgehead atoms. The number of hydrogen-bond donors (Lipinski definition) is 2. The van der Waals surface area contributed by atoms with Crippen molar-refractivity contribution in [2.24, 2.45) is 0 Å². The molecule has 2 aromatic rings. The van der Waals surface area contributed by atoms with Crippen LogP contribution in [0.25, 0.3) is 11.0 Å². The maximum absolute atomic E-state index is 6.09. The van der Waals surface area contributed by atoms with Crippen LogP contribution in [0.3, 0.4) is 0 Å². The second-order valence-corrected chi connectivity index (χ2v) is 4.63. The van der Waals surface area contributed by atoms with Gasteiger partial charge < -0.3 is 15.0 Å². The molecule has 1 atom stereocenters. The number of benzene rings is 1. The molecule has 1 saturated heterocycles. The van der Waals surface area contributed by atoms with Crippen molar-refractivity contribution in [3.05, 3.63) is 29.0 Å². The van der Waals surface area contributed by atoms with Gasteiger partial charge in [-0.1, -0.05) is 17.7 Å². The first-order valence-electron chi connectivity index (χ1n) is 5.78. The van der Waals surface area contributed by atoms with Gasteiger partial charge in [-0.25, -0.2) is 4.98 Å². The van der Waals surface area contributed by atoms with Gasteiger partial charge in [0.2, 0.25) is 0 Å². The summed E-state index contributed by atoms with van der Waals surface area (Å²) in [5.41, 5.74) is 1.82. The van der Waals surface area contributed by atoms with Crippen LogP contribution in [0.4, 0.5) is 0 Å². The third kappa shape index (κ3) is 2.29. The maximum Gasteiger partial charge on any atom is 0.109 e. The van der Waals surface area contributed by atoms with Crippen LogP contribution in [0.5, 0.6) is 0 Å². The van der Waals surface area contributed by atoms with E-state index in [1.165, 1.54) is 0 Å². The van der Waals surface area contributed by atoms with Gasteiger partial charge in [-0.05, 0) is 12.1 Å². The van der Waals surface area contributed by atoms with Crippen LogP contribution in [0.2, 0.25) is 5.02 Å². The van der Waals surface area contributed by atoms with Crippen LogP contribution in [-0.2, 0) is 11.2 Å². The standard InChI is InChI=1S/C12H14ClN3O/c13-9-2-1-3-10-12(9)16-11(15-10)6-8-7-14-4-5-17-8/h1-3,8,14H,4-7H2,(H,15,16). The second-order valence-electron chi connectivity index (χ2n) is 4.22. The number of hydrogen-bond acceptors (Lipinski definition) is 3. The van der Waals surface area contributed by atoms with Crippen molar-refractivity contribution in [3.63, 3.8) is 0 Å². The van der Waals surface area contributed by atoms with Gasteiger partial charge in [0, 0.05) is 19.5 Å². The molecule has 4 nitrogen and oxygen atoms in total. The van der Waals surface area contributed by atoms with Crippen molar-refractivity contribution in [1.82, 2.24) is 15.3 Å². The quantitative estimate of drug-likeness (QED) is 0.855. The first-order valence-corrected chi connectivity index (χ1v) is 6.16. The summed E-state index contributed by atoms with van der Waals surface area (Å²) in [5.74, 6) is 0.932. The zero-order valence-corrected chi connectivity index (χ0v) is 10.1. The topological polar surface area (TPSA) is 49.9 Å². The molecule has 3 rings (SSSR count). The van der Waals surface area contributed by atoms with Crippen LogP contribution < -0.4 is 5.32 Å². The third-order valence-electron chi connectivity index (χ3n) is 2.94. The van der Waals surface area contributed by atoms with Gasteiger partial charge in [-0.3, -0.25) is 0 Å². The number of rotatable bonds is 2. The molecule has 1 unspecified atom stereocenters. The summed E-state index contributed by atoms with van der Waals surface area (Å²) in [5, 5.41) is 4.00. The molecule has 90 valence electrons. The average molecular weight is 252 g/mol. The van der Waals surface area contributed by atoms with E-state index in [1.807, 2.05) is 18.2 Å². The predicted octanol–water partition coefficient (Wildman–Crippen LogP) is 1.75. The van der Waals surface area contributed by atoms with E-state index < -0.39 is 0 Å². The van der Waals surface area contributed by atoms with Crippen molar-refractivity contribution in [2.75, 3.05) is 19.7 Å². The summed E-state index contributed by atoms with van der Waals surface area (Å²) >= 11 is 6.09. The van der Waals surface area contributed by atoms with Gasteiger partial charge >= 0.3 is 0 Å². The smallest absolute Gasteiger partial charge is 0.109 e. The molecule has 1 aromatic heterocycles. The van der Waals surface area contributed by atoms with Gasteiger partial charge in [-0.15, -0.1) is 0 Å². The molecule has 0 spiro atoms. The Kier molecular flexibility index (Phi) is 3.01. The number of nitrogens with one attached hydrogen (secondary N) is 2. The van der Waals surface area contributed by atoms with Crippen molar-refractivity contribution in [3.8, 4) is 0 Å². The van der Waals surface area contributed by atoms with Crippen molar-refractivity contribution in [1.29, 1.82) is 0 Å². The molecular weight excluding hydrogens is 238 g/mol. The highest BCUT2D eigenvalue weighted by molar-refractivity contribution is 6.34. The van der Waals surface area contributed by atoms with E-state index in [1.54, 1.807) is 0 Å². The Morgan fingerprint density at radius 2 is 2.41 bits per heavy atom. The Balaban J connectivity index is 1.83. The Bertz CT molecular complexity index is 519. The third-order valence-corrected chi connectivity index (χ3v) is 3.24. The van der Waals surface area contributed by atoms with Crippen LogP contribution in [0.15, 0.2) is 18.2 Å². The molecule has 0 radical (unpaired) electrons. The number of H-pyrrole nitrogens is 1. The van der Waals surface area contributed by atoms with Gasteiger partial charge in [0.25, 0.3) is 0 Å². The minimum absolute atomic E-state index is 0.197. The minimum Gasteiger partial charge on any atom is -0.375 e. The SMILES string of the molecule is Clc1cccc2[nH]c(CC3CNCCO3)nc12. The highest BCUT2D eigenvalue weighted by atomic mass is 35.5. The van der Waals surface area contributed by atoms with E-state index in [0.717, 1.165) is 43.0 Å². The normalized spacial score (nSPS) is 20.9. The molecule has 17 heavy (non-hydrogen) atoms. The van der Waals surface area contributed by atoms with Crippen molar-refractivity contribution < 1.29 is 4.74 Å². The van der Waals surface area contributed by atoms with Gasteiger partial charge in [0.15, 0.2) is 0 Å². The number of morpholine rings is 1. The number of nitrogens with zero attached hydrogens (tertiary/aromatic N) is 1. The highest BCUT2D eigenvalue weighted by Crippen LogP contribution is 2.21. The number of aromatic amines is 1. The van der Waals surface area contributed by atoms with Crippen LogP contribution in [0.1, 0.15) is 5.82 Å². The molecule has 2 heterocycles. The number of imidazole rings is 1. The first-order chi connectivity index (χ1) is 8.33. The summed E-state index contributed by atoms with van der Waals surface area (Å²) in [6.45, 7) is 2.58. The lowest BCUT2D eigenvalue weighted by Crippen LogP contribution is -2.39. The van der Waals surface area contributed by atoms with E-state index >= 15 is 0 Å². The summed E-state index contributed by atoms with van der Waals surface area (Å²) in [4.78, 5) is 7.79. The van der Waals surface area contributed by atoms with E-state index in [4.69, 9.17) is 16.3 Å². The average Bonchev–Trinajstić information content (AvgIpc) is 2.74.